The first-order valence-corrected chi connectivity index (χ1v) is 7.22. The molecule has 0 bridgehead atoms. The highest BCUT2D eigenvalue weighted by Crippen LogP contribution is 2.19. The van der Waals surface area contributed by atoms with Gasteiger partial charge in [-0.15, -0.1) is 5.10 Å². The van der Waals surface area contributed by atoms with E-state index < -0.39 is 5.82 Å². The van der Waals surface area contributed by atoms with Gasteiger partial charge >= 0.3 is 0 Å². The first-order chi connectivity index (χ1) is 10.7. The third-order valence-corrected chi connectivity index (χ3v) is 3.60. The van der Waals surface area contributed by atoms with Gasteiger partial charge in [0.1, 0.15) is 11.9 Å². The number of aromatic nitrogens is 2. The molecular formula is C16H16FN3O2. The molecule has 6 heteroatoms. The Bertz CT molecular complexity index is 651. The zero-order valence-electron chi connectivity index (χ0n) is 12.0. The van der Waals surface area contributed by atoms with E-state index in [0.717, 1.165) is 12.8 Å². The molecule has 22 heavy (non-hydrogen) atoms. The topological polar surface area (TPSA) is 55.3 Å². The van der Waals surface area contributed by atoms with Crippen LogP contribution in [0.3, 0.4) is 0 Å². The molecule has 1 aliphatic rings. The molecule has 5 nitrogen and oxygen atoms in total. The van der Waals surface area contributed by atoms with Crippen molar-refractivity contribution in [2.45, 2.75) is 18.9 Å². The van der Waals surface area contributed by atoms with Gasteiger partial charge in [0.05, 0.1) is 12.1 Å². The van der Waals surface area contributed by atoms with Crippen LogP contribution in [0.15, 0.2) is 42.6 Å². The maximum atomic E-state index is 13.7. The number of benzene rings is 1. The van der Waals surface area contributed by atoms with Crippen LogP contribution in [-0.2, 0) is 0 Å². The number of carbonyl (C=O) groups is 1. The summed E-state index contributed by atoms with van der Waals surface area (Å²) in [6.07, 6.45) is 3.06. The monoisotopic (exact) mass is 301 g/mol. The van der Waals surface area contributed by atoms with Crippen molar-refractivity contribution in [3.63, 3.8) is 0 Å². The Morgan fingerprint density at radius 3 is 2.91 bits per heavy atom. The molecular weight excluding hydrogens is 285 g/mol. The van der Waals surface area contributed by atoms with Crippen LogP contribution < -0.4 is 4.74 Å². The minimum absolute atomic E-state index is 0.0997. The molecule has 0 spiro atoms. The summed E-state index contributed by atoms with van der Waals surface area (Å²) in [7, 11) is 0. The molecule has 0 saturated carbocycles. The summed E-state index contributed by atoms with van der Waals surface area (Å²) < 4.78 is 19.5. The van der Waals surface area contributed by atoms with Crippen LogP contribution in [0.4, 0.5) is 4.39 Å². The Morgan fingerprint density at radius 1 is 1.27 bits per heavy atom. The van der Waals surface area contributed by atoms with Crippen molar-refractivity contribution in [1.82, 2.24) is 15.1 Å². The molecule has 3 rings (SSSR count). The van der Waals surface area contributed by atoms with Crippen LogP contribution in [0.25, 0.3) is 0 Å². The number of hydrogen-bond acceptors (Lipinski definition) is 4. The average Bonchev–Trinajstić information content (AvgIpc) is 2.56. The Morgan fingerprint density at radius 2 is 2.14 bits per heavy atom. The van der Waals surface area contributed by atoms with E-state index in [-0.39, 0.29) is 17.6 Å². The van der Waals surface area contributed by atoms with Crippen molar-refractivity contribution < 1.29 is 13.9 Å². The van der Waals surface area contributed by atoms with Crippen LogP contribution in [0, 0.1) is 5.82 Å². The molecule has 1 atom stereocenters. The molecule has 1 unspecified atom stereocenters. The Balaban J connectivity index is 1.68. The van der Waals surface area contributed by atoms with Gasteiger partial charge in [-0.3, -0.25) is 4.79 Å². The van der Waals surface area contributed by atoms with Crippen LogP contribution in [0.5, 0.6) is 5.88 Å². The quantitative estimate of drug-likeness (QED) is 0.873. The first kappa shape index (κ1) is 14.4. The van der Waals surface area contributed by atoms with Crippen LogP contribution in [0.1, 0.15) is 23.2 Å². The summed E-state index contributed by atoms with van der Waals surface area (Å²) in [5, 5.41) is 7.64. The maximum absolute atomic E-state index is 13.7. The van der Waals surface area contributed by atoms with Crippen molar-refractivity contribution in [1.29, 1.82) is 0 Å². The van der Waals surface area contributed by atoms with E-state index in [1.165, 1.54) is 12.1 Å². The highest BCUT2D eigenvalue weighted by atomic mass is 19.1. The molecule has 114 valence electrons. The fraction of sp³-hybridized carbons (Fsp3) is 0.312. The van der Waals surface area contributed by atoms with Gasteiger partial charge in [-0.25, -0.2) is 4.39 Å². The number of nitrogens with zero attached hydrogens (tertiary/aromatic N) is 3. The van der Waals surface area contributed by atoms with Gasteiger partial charge in [-0.1, -0.05) is 12.1 Å². The van der Waals surface area contributed by atoms with E-state index in [4.69, 9.17) is 4.74 Å². The number of hydrogen-bond donors (Lipinski definition) is 0. The second-order valence-corrected chi connectivity index (χ2v) is 5.17. The van der Waals surface area contributed by atoms with Gasteiger partial charge in [-0.05, 0) is 31.0 Å². The lowest BCUT2D eigenvalue weighted by Crippen LogP contribution is -2.44. The molecule has 1 aromatic carbocycles. The van der Waals surface area contributed by atoms with E-state index in [0.29, 0.717) is 19.0 Å². The van der Waals surface area contributed by atoms with Gasteiger partial charge in [-0.2, -0.15) is 5.10 Å². The fourth-order valence-electron chi connectivity index (χ4n) is 2.54. The molecule has 1 saturated heterocycles. The molecule has 2 heterocycles. The van der Waals surface area contributed by atoms with Crippen LogP contribution in [-0.4, -0.2) is 40.2 Å². The van der Waals surface area contributed by atoms with Crippen molar-refractivity contribution in [2.75, 3.05) is 13.1 Å². The van der Waals surface area contributed by atoms with Gasteiger partial charge in [0.2, 0.25) is 5.88 Å². The molecule has 1 fully saturated rings. The summed E-state index contributed by atoms with van der Waals surface area (Å²) in [4.78, 5) is 14.0. The Hall–Kier alpha value is -2.50. The average molecular weight is 301 g/mol. The largest absolute Gasteiger partial charge is 0.471 e. The summed E-state index contributed by atoms with van der Waals surface area (Å²) in [6.45, 7) is 1.03. The van der Waals surface area contributed by atoms with Gasteiger partial charge in [0.25, 0.3) is 5.91 Å². The second-order valence-electron chi connectivity index (χ2n) is 5.17. The van der Waals surface area contributed by atoms with E-state index in [2.05, 4.69) is 10.2 Å². The normalized spacial score (nSPS) is 18.0. The van der Waals surface area contributed by atoms with Crippen LogP contribution >= 0.6 is 0 Å². The van der Waals surface area contributed by atoms with E-state index in [1.54, 1.807) is 35.4 Å². The second kappa shape index (κ2) is 6.51. The molecule has 1 aromatic heterocycles. The van der Waals surface area contributed by atoms with E-state index in [1.807, 2.05) is 0 Å². The fourth-order valence-corrected chi connectivity index (χ4v) is 2.54. The minimum Gasteiger partial charge on any atom is -0.471 e. The smallest absolute Gasteiger partial charge is 0.256 e. The molecule has 1 aliphatic heterocycles. The number of amides is 1. The summed E-state index contributed by atoms with van der Waals surface area (Å²) in [5.41, 5.74) is 0.0997. The Kier molecular flexibility index (Phi) is 4.27. The van der Waals surface area contributed by atoms with Crippen molar-refractivity contribution in [3.05, 3.63) is 54.0 Å². The lowest BCUT2D eigenvalue weighted by molar-refractivity contribution is 0.0521. The number of piperidine rings is 1. The molecule has 0 N–H and O–H groups in total. The van der Waals surface area contributed by atoms with Gasteiger partial charge in [0, 0.05) is 18.8 Å². The highest BCUT2D eigenvalue weighted by Gasteiger charge is 2.27. The molecule has 2 aromatic rings. The zero-order chi connectivity index (χ0) is 15.4. The first-order valence-electron chi connectivity index (χ1n) is 7.22. The van der Waals surface area contributed by atoms with Crippen molar-refractivity contribution >= 4 is 5.91 Å². The number of carbonyl (C=O) groups excluding carboxylic acids is 1. The van der Waals surface area contributed by atoms with Crippen LogP contribution in [0.2, 0.25) is 0 Å². The van der Waals surface area contributed by atoms with Gasteiger partial charge in [0.15, 0.2) is 0 Å². The van der Waals surface area contributed by atoms with E-state index >= 15 is 0 Å². The number of ether oxygens (including phenoxy) is 1. The Labute approximate surface area is 127 Å². The maximum Gasteiger partial charge on any atom is 0.256 e. The predicted molar refractivity (Wildman–Crippen MR) is 78.0 cm³/mol. The van der Waals surface area contributed by atoms with Crippen molar-refractivity contribution in [2.24, 2.45) is 0 Å². The van der Waals surface area contributed by atoms with Crippen molar-refractivity contribution in [3.8, 4) is 5.88 Å². The summed E-state index contributed by atoms with van der Waals surface area (Å²) >= 11 is 0. The molecule has 0 radical (unpaired) electrons. The number of rotatable bonds is 3. The highest BCUT2D eigenvalue weighted by molar-refractivity contribution is 5.94. The SMILES string of the molecule is O=C(c1ccccc1F)N1CCCC(Oc2cccnn2)C1. The summed E-state index contributed by atoms with van der Waals surface area (Å²) in [6, 6.07) is 9.50. The van der Waals surface area contributed by atoms with Gasteiger partial charge < -0.3 is 9.64 Å². The number of halogens is 1. The lowest BCUT2D eigenvalue weighted by atomic mass is 10.1. The zero-order valence-corrected chi connectivity index (χ0v) is 12.0. The predicted octanol–water partition coefficient (Wildman–Crippen LogP) is 2.30. The lowest BCUT2D eigenvalue weighted by Gasteiger charge is -2.32. The molecule has 0 aliphatic carbocycles. The minimum atomic E-state index is -0.496. The third-order valence-electron chi connectivity index (χ3n) is 3.60. The van der Waals surface area contributed by atoms with E-state index in [9.17, 15) is 9.18 Å². The summed E-state index contributed by atoms with van der Waals surface area (Å²) in [5.74, 6) is -0.359. The standard InChI is InChI=1S/C16H16FN3O2/c17-14-7-2-1-6-13(14)16(21)20-10-4-5-12(11-20)22-15-8-3-9-18-19-15/h1-3,6-9,12H,4-5,10-11H2. The molecule has 1 amide bonds. The number of likely N-dealkylation sites (tertiary alicyclic amines) is 1. The third kappa shape index (κ3) is 3.21.